The first kappa shape index (κ1) is 8.12. The Balaban J connectivity index is 2.76. The van der Waals surface area contributed by atoms with Crippen LogP contribution < -0.4 is 4.72 Å². The number of rotatable bonds is 0. The molecule has 0 unspecified atom stereocenters. The summed E-state index contributed by atoms with van der Waals surface area (Å²) in [6.45, 7) is 0. The molecule has 4 nitrogen and oxygen atoms in total. The Morgan fingerprint density at radius 2 is 1.92 bits per heavy atom. The zero-order valence-electron chi connectivity index (χ0n) is 6.56. The van der Waals surface area contributed by atoms with Crippen molar-refractivity contribution in [2.75, 3.05) is 0 Å². The molecule has 1 aliphatic rings. The van der Waals surface area contributed by atoms with E-state index >= 15 is 0 Å². The van der Waals surface area contributed by atoms with Crippen LogP contribution in [0, 0.1) is 0 Å². The molecule has 0 saturated heterocycles. The second kappa shape index (κ2) is 2.50. The maximum Gasteiger partial charge on any atom is 0.264 e. The van der Waals surface area contributed by atoms with E-state index in [-0.39, 0.29) is 10.8 Å². The molecule has 0 fully saturated rings. The van der Waals surface area contributed by atoms with Crippen molar-refractivity contribution in [3.05, 3.63) is 35.7 Å². The van der Waals surface area contributed by atoms with Gasteiger partial charge in [0.1, 0.15) is 0 Å². The zero-order chi connectivity index (χ0) is 9.47. The Labute approximate surface area is 75.6 Å². The summed E-state index contributed by atoms with van der Waals surface area (Å²) in [5.74, 6) is -0.348. The number of aliphatic hydroxyl groups excluding tert-OH is 1. The van der Waals surface area contributed by atoms with Gasteiger partial charge in [0.05, 0.1) is 4.90 Å². The average molecular weight is 197 g/mol. The van der Waals surface area contributed by atoms with Crippen LogP contribution in [0.3, 0.4) is 0 Å². The zero-order valence-corrected chi connectivity index (χ0v) is 7.38. The van der Waals surface area contributed by atoms with Gasteiger partial charge in [0, 0.05) is 11.6 Å². The fourth-order valence-corrected chi connectivity index (χ4v) is 2.35. The molecule has 1 aromatic rings. The minimum atomic E-state index is -3.56. The summed E-state index contributed by atoms with van der Waals surface area (Å²) in [5.41, 5.74) is 0.499. The predicted molar refractivity (Wildman–Crippen MR) is 47.4 cm³/mol. The number of nitrogens with one attached hydrogen (secondary N) is 1. The van der Waals surface area contributed by atoms with Crippen LogP contribution in [0.25, 0.3) is 6.08 Å². The number of aliphatic hydroxyl groups is 1. The molecule has 0 atom stereocenters. The topological polar surface area (TPSA) is 66.4 Å². The monoisotopic (exact) mass is 197 g/mol. The molecule has 0 bridgehead atoms. The van der Waals surface area contributed by atoms with Crippen LogP contribution in [-0.4, -0.2) is 13.5 Å². The standard InChI is InChI=1S/C8H7NO3S/c10-8-5-6-3-1-2-4-7(6)13(11,12)9-8/h1-5,9-10H. The first-order valence-corrected chi connectivity index (χ1v) is 5.10. The van der Waals surface area contributed by atoms with Crippen molar-refractivity contribution in [1.29, 1.82) is 0 Å². The van der Waals surface area contributed by atoms with E-state index in [1.54, 1.807) is 18.2 Å². The van der Waals surface area contributed by atoms with Crippen molar-refractivity contribution in [3.8, 4) is 0 Å². The summed E-state index contributed by atoms with van der Waals surface area (Å²) in [4.78, 5) is 0.188. The van der Waals surface area contributed by atoms with Gasteiger partial charge in [-0.15, -0.1) is 0 Å². The summed E-state index contributed by atoms with van der Waals surface area (Å²) < 4.78 is 24.7. The third-order valence-electron chi connectivity index (χ3n) is 1.74. The second-order valence-corrected chi connectivity index (χ2v) is 4.32. The lowest BCUT2D eigenvalue weighted by Gasteiger charge is -2.14. The van der Waals surface area contributed by atoms with Crippen LogP contribution >= 0.6 is 0 Å². The molecule has 0 aromatic heterocycles. The third-order valence-corrected chi connectivity index (χ3v) is 3.17. The average Bonchev–Trinajstić information content (AvgIpc) is 2.02. The number of sulfonamides is 1. The van der Waals surface area contributed by atoms with Gasteiger partial charge in [0.2, 0.25) is 0 Å². The lowest BCUT2D eigenvalue weighted by Crippen LogP contribution is -2.26. The molecule has 0 radical (unpaired) electrons. The highest BCUT2D eigenvalue weighted by Gasteiger charge is 2.22. The van der Waals surface area contributed by atoms with Crippen LogP contribution in [0.4, 0.5) is 0 Å². The van der Waals surface area contributed by atoms with Crippen molar-refractivity contribution in [1.82, 2.24) is 4.72 Å². The number of hydrogen-bond donors (Lipinski definition) is 2. The largest absolute Gasteiger partial charge is 0.494 e. The molecule has 68 valence electrons. The van der Waals surface area contributed by atoms with Gasteiger partial charge < -0.3 is 5.11 Å². The van der Waals surface area contributed by atoms with Crippen LogP contribution in [0.2, 0.25) is 0 Å². The summed E-state index contributed by atoms with van der Waals surface area (Å²) in [6, 6.07) is 6.46. The van der Waals surface area contributed by atoms with E-state index in [4.69, 9.17) is 5.11 Å². The highest BCUT2D eigenvalue weighted by atomic mass is 32.2. The Morgan fingerprint density at radius 1 is 1.23 bits per heavy atom. The van der Waals surface area contributed by atoms with Gasteiger partial charge >= 0.3 is 0 Å². The molecule has 2 rings (SSSR count). The highest BCUT2D eigenvalue weighted by molar-refractivity contribution is 7.89. The lowest BCUT2D eigenvalue weighted by atomic mass is 10.2. The molecule has 0 spiro atoms. The Kier molecular flexibility index (Phi) is 1.56. The van der Waals surface area contributed by atoms with Crippen molar-refractivity contribution >= 4 is 16.1 Å². The molecule has 0 aliphatic carbocycles. The summed E-state index contributed by atoms with van der Waals surface area (Å²) in [7, 11) is -3.56. The molecule has 1 aliphatic heterocycles. The van der Waals surface area contributed by atoms with Crippen molar-refractivity contribution < 1.29 is 13.5 Å². The molecule has 1 aromatic carbocycles. The molecule has 2 N–H and O–H groups in total. The molecule has 0 amide bonds. The second-order valence-electron chi connectivity index (χ2n) is 2.67. The van der Waals surface area contributed by atoms with Gasteiger partial charge in [-0.05, 0) is 6.07 Å². The fraction of sp³-hybridized carbons (Fsp3) is 0. The Morgan fingerprint density at radius 3 is 2.69 bits per heavy atom. The van der Waals surface area contributed by atoms with E-state index in [9.17, 15) is 8.42 Å². The van der Waals surface area contributed by atoms with Crippen molar-refractivity contribution in [2.24, 2.45) is 0 Å². The Bertz CT molecular complexity index is 476. The van der Waals surface area contributed by atoms with Crippen molar-refractivity contribution in [3.63, 3.8) is 0 Å². The molecule has 13 heavy (non-hydrogen) atoms. The summed E-state index contributed by atoms with van der Waals surface area (Å²) in [6.07, 6.45) is 1.37. The first-order valence-electron chi connectivity index (χ1n) is 3.62. The van der Waals surface area contributed by atoms with Crippen LogP contribution in [0.1, 0.15) is 5.56 Å². The SMILES string of the molecule is O=S1(=O)NC(O)=Cc2ccccc21. The van der Waals surface area contributed by atoms with E-state index in [1.165, 1.54) is 12.1 Å². The van der Waals surface area contributed by atoms with Gasteiger partial charge in [0.15, 0.2) is 5.88 Å². The predicted octanol–water partition coefficient (Wildman–Crippen LogP) is 0.835. The minimum Gasteiger partial charge on any atom is -0.494 e. The van der Waals surface area contributed by atoms with E-state index < -0.39 is 10.0 Å². The molecular weight excluding hydrogens is 190 g/mol. The molecule has 5 heteroatoms. The van der Waals surface area contributed by atoms with Crippen LogP contribution in [0.5, 0.6) is 0 Å². The highest BCUT2D eigenvalue weighted by Crippen LogP contribution is 2.21. The van der Waals surface area contributed by atoms with E-state index in [1.807, 2.05) is 4.72 Å². The molecule has 0 saturated carbocycles. The third kappa shape index (κ3) is 1.27. The van der Waals surface area contributed by atoms with Gasteiger partial charge in [0.25, 0.3) is 10.0 Å². The Hall–Kier alpha value is -1.49. The van der Waals surface area contributed by atoms with E-state index in [0.717, 1.165) is 0 Å². The lowest BCUT2D eigenvalue weighted by molar-refractivity contribution is 0.392. The van der Waals surface area contributed by atoms with E-state index in [2.05, 4.69) is 0 Å². The normalized spacial score (nSPS) is 18.3. The number of benzene rings is 1. The molecular formula is C8H7NO3S. The van der Waals surface area contributed by atoms with E-state index in [0.29, 0.717) is 5.56 Å². The minimum absolute atomic E-state index is 0.188. The van der Waals surface area contributed by atoms with Crippen LogP contribution in [0.15, 0.2) is 35.0 Å². The maximum absolute atomic E-state index is 11.4. The van der Waals surface area contributed by atoms with Gasteiger partial charge in [-0.2, -0.15) is 0 Å². The summed E-state index contributed by atoms with van der Waals surface area (Å²) >= 11 is 0. The quantitative estimate of drug-likeness (QED) is 0.647. The fourth-order valence-electron chi connectivity index (χ4n) is 1.21. The smallest absolute Gasteiger partial charge is 0.264 e. The molecule has 1 heterocycles. The van der Waals surface area contributed by atoms with Crippen molar-refractivity contribution in [2.45, 2.75) is 4.90 Å². The number of hydrogen-bond acceptors (Lipinski definition) is 3. The first-order chi connectivity index (χ1) is 6.09. The van der Waals surface area contributed by atoms with Gasteiger partial charge in [-0.25, -0.2) is 13.1 Å². The van der Waals surface area contributed by atoms with Gasteiger partial charge in [-0.1, -0.05) is 18.2 Å². The summed E-state index contributed by atoms with van der Waals surface area (Å²) in [5, 5.41) is 9.06. The maximum atomic E-state index is 11.4. The number of fused-ring (bicyclic) bond motifs is 1. The van der Waals surface area contributed by atoms with Gasteiger partial charge in [-0.3, -0.25) is 0 Å². The van der Waals surface area contributed by atoms with Crippen LogP contribution in [-0.2, 0) is 10.0 Å².